The Kier molecular flexibility index (Phi) is 2.74. The van der Waals surface area contributed by atoms with E-state index in [1.807, 2.05) is 6.92 Å². The largest absolute Gasteiger partial charge is 0.466 e. The Morgan fingerprint density at radius 3 is 3.14 bits per heavy atom. The molecule has 2 heterocycles. The van der Waals surface area contributed by atoms with E-state index in [0.29, 0.717) is 6.61 Å². The molecule has 4 nitrogen and oxygen atoms in total. The van der Waals surface area contributed by atoms with Crippen molar-refractivity contribution in [2.45, 2.75) is 31.9 Å². The molecule has 0 aromatic rings. The molecule has 0 amide bonds. The molecular weight excluding hydrogens is 182 g/mol. The number of aliphatic hydroxyl groups is 1. The molecule has 4 heteroatoms. The lowest BCUT2D eigenvalue weighted by atomic mass is 9.98. The average molecular weight is 199 g/mol. The summed E-state index contributed by atoms with van der Waals surface area (Å²) in [5, 5.41) is 9.47. The highest BCUT2D eigenvalue weighted by Crippen LogP contribution is 2.33. The first-order chi connectivity index (χ1) is 6.72. The van der Waals surface area contributed by atoms with Gasteiger partial charge in [-0.25, -0.2) is 0 Å². The number of carbonyl (C=O) groups is 1. The summed E-state index contributed by atoms with van der Waals surface area (Å²) in [4.78, 5) is 13.8. The minimum Gasteiger partial charge on any atom is -0.466 e. The van der Waals surface area contributed by atoms with Crippen LogP contribution in [0.25, 0.3) is 0 Å². The fourth-order valence-electron chi connectivity index (χ4n) is 2.61. The molecule has 0 saturated carbocycles. The second kappa shape index (κ2) is 3.87. The van der Waals surface area contributed by atoms with E-state index < -0.39 is 0 Å². The third kappa shape index (κ3) is 1.64. The molecular formula is C10H17NO3. The van der Waals surface area contributed by atoms with Crippen LogP contribution in [0, 0.1) is 5.92 Å². The van der Waals surface area contributed by atoms with Crippen LogP contribution >= 0.6 is 0 Å². The van der Waals surface area contributed by atoms with Crippen molar-refractivity contribution >= 4 is 5.97 Å². The van der Waals surface area contributed by atoms with Gasteiger partial charge in [-0.1, -0.05) is 0 Å². The highest BCUT2D eigenvalue weighted by atomic mass is 16.5. The van der Waals surface area contributed by atoms with Crippen molar-refractivity contribution in [1.82, 2.24) is 4.90 Å². The van der Waals surface area contributed by atoms with Crippen LogP contribution in [-0.2, 0) is 9.53 Å². The molecule has 0 spiro atoms. The monoisotopic (exact) mass is 199 g/mol. The van der Waals surface area contributed by atoms with Gasteiger partial charge >= 0.3 is 5.97 Å². The van der Waals surface area contributed by atoms with Gasteiger partial charge in [-0.15, -0.1) is 0 Å². The average Bonchev–Trinajstić information content (AvgIpc) is 2.62. The number of carbonyl (C=O) groups excluding carboxylic acids is 1. The van der Waals surface area contributed by atoms with E-state index in [9.17, 15) is 9.90 Å². The maximum Gasteiger partial charge on any atom is 0.310 e. The fourth-order valence-corrected chi connectivity index (χ4v) is 2.61. The van der Waals surface area contributed by atoms with Crippen LogP contribution in [0.3, 0.4) is 0 Å². The lowest BCUT2D eigenvalue weighted by Crippen LogP contribution is -2.31. The molecule has 2 aliphatic heterocycles. The van der Waals surface area contributed by atoms with Gasteiger partial charge in [-0.3, -0.25) is 9.69 Å². The number of hydrogen-bond donors (Lipinski definition) is 1. The summed E-state index contributed by atoms with van der Waals surface area (Å²) < 4.78 is 5.02. The Balaban J connectivity index is 1.98. The van der Waals surface area contributed by atoms with Crippen molar-refractivity contribution in [3.8, 4) is 0 Å². The third-order valence-electron chi connectivity index (χ3n) is 3.21. The minimum atomic E-state index is -0.253. The zero-order valence-electron chi connectivity index (χ0n) is 8.48. The maximum absolute atomic E-state index is 11.6. The topological polar surface area (TPSA) is 49.8 Å². The second-order valence-electron chi connectivity index (χ2n) is 4.10. The Labute approximate surface area is 83.8 Å². The molecule has 2 rings (SSSR count). The Morgan fingerprint density at radius 1 is 1.64 bits per heavy atom. The molecule has 1 N–H and O–H groups in total. The van der Waals surface area contributed by atoms with Crippen LogP contribution in [0.5, 0.6) is 0 Å². The van der Waals surface area contributed by atoms with Crippen molar-refractivity contribution in [3.63, 3.8) is 0 Å². The van der Waals surface area contributed by atoms with Crippen molar-refractivity contribution < 1.29 is 14.6 Å². The summed E-state index contributed by atoms with van der Waals surface area (Å²) in [6.45, 7) is 3.92. The zero-order valence-corrected chi connectivity index (χ0v) is 8.48. The molecule has 80 valence electrons. The van der Waals surface area contributed by atoms with Crippen LogP contribution in [0.4, 0.5) is 0 Å². The number of hydrogen-bond acceptors (Lipinski definition) is 4. The van der Waals surface area contributed by atoms with Crippen molar-refractivity contribution in [3.05, 3.63) is 0 Å². The van der Waals surface area contributed by atoms with E-state index in [1.54, 1.807) is 0 Å². The van der Waals surface area contributed by atoms with Crippen molar-refractivity contribution in [2.75, 3.05) is 19.7 Å². The standard InChI is InChI=1S/C10H17NO3/c1-2-14-10(13)8-3-4-11-6-7(12)5-9(8)11/h7-9,12H,2-6H2,1H3/t7-,8-,9-/m0/s1. The summed E-state index contributed by atoms with van der Waals surface area (Å²) in [5.41, 5.74) is 0. The molecule has 0 aromatic carbocycles. The number of aliphatic hydroxyl groups excluding tert-OH is 1. The predicted octanol–water partition coefficient (Wildman–Crippen LogP) is 0.00460. The van der Waals surface area contributed by atoms with Gasteiger partial charge in [-0.2, -0.15) is 0 Å². The normalized spacial score (nSPS) is 37.1. The summed E-state index contributed by atoms with van der Waals surface area (Å²) in [6, 6.07) is 0.226. The molecule has 0 aromatic heterocycles. The van der Waals surface area contributed by atoms with Gasteiger partial charge in [0.05, 0.1) is 18.6 Å². The second-order valence-corrected chi connectivity index (χ2v) is 4.10. The van der Waals surface area contributed by atoms with Gasteiger partial charge in [0.1, 0.15) is 0 Å². The summed E-state index contributed by atoms with van der Waals surface area (Å²) in [6.07, 6.45) is 1.36. The first-order valence-corrected chi connectivity index (χ1v) is 5.31. The fraction of sp³-hybridized carbons (Fsp3) is 0.900. The molecule has 14 heavy (non-hydrogen) atoms. The SMILES string of the molecule is CCOC(=O)[C@H]1CCN2C[C@@H](O)C[C@@H]12. The first kappa shape index (κ1) is 9.93. The lowest BCUT2D eigenvalue weighted by Gasteiger charge is -2.18. The van der Waals surface area contributed by atoms with E-state index in [0.717, 1.165) is 25.9 Å². The van der Waals surface area contributed by atoms with Crippen LogP contribution in [-0.4, -0.2) is 47.8 Å². The number of esters is 1. The Hall–Kier alpha value is -0.610. The van der Waals surface area contributed by atoms with Crippen LogP contribution in [0.15, 0.2) is 0 Å². The smallest absolute Gasteiger partial charge is 0.310 e. The summed E-state index contributed by atoms with van der Waals surface area (Å²) in [5.74, 6) is -0.0961. The number of nitrogens with zero attached hydrogens (tertiary/aromatic N) is 1. The van der Waals surface area contributed by atoms with Gasteiger partial charge in [-0.05, 0) is 26.3 Å². The highest BCUT2D eigenvalue weighted by Gasteiger charge is 2.44. The Morgan fingerprint density at radius 2 is 2.43 bits per heavy atom. The molecule has 0 aliphatic carbocycles. The molecule has 3 atom stereocenters. The van der Waals surface area contributed by atoms with Crippen molar-refractivity contribution in [2.24, 2.45) is 5.92 Å². The van der Waals surface area contributed by atoms with E-state index in [4.69, 9.17) is 4.74 Å². The Bertz CT molecular complexity index is 231. The summed E-state index contributed by atoms with van der Waals surface area (Å²) in [7, 11) is 0. The number of rotatable bonds is 2. The molecule has 0 unspecified atom stereocenters. The predicted molar refractivity (Wildman–Crippen MR) is 50.7 cm³/mol. The molecule has 2 aliphatic rings. The zero-order chi connectivity index (χ0) is 10.1. The molecule has 0 bridgehead atoms. The molecule has 2 fully saturated rings. The quantitative estimate of drug-likeness (QED) is 0.636. The maximum atomic E-state index is 11.6. The number of fused-ring (bicyclic) bond motifs is 1. The van der Waals surface area contributed by atoms with Crippen LogP contribution < -0.4 is 0 Å². The van der Waals surface area contributed by atoms with E-state index in [-0.39, 0.29) is 24.0 Å². The van der Waals surface area contributed by atoms with Gasteiger partial charge in [0, 0.05) is 12.6 Å². The van der Waals surface area contributed by atoms with Crippen molar-refractivity contribution in [1.29, 1.82) is 0 Å². The lowest BCUT2D eigenvalue weighted by molar-refractivity contribution is -0.148. The van der Waals surface area contributed by atoms with Gasteiger partial charge < -0.3 is 9.84 Å². The molecule has 0 radical (unpaired) electrons. The van der Waals surface area contributed by atoms with E-state index in [1.165, 1.54) is 0 Å². The van der Waals surface area contributed by atoms with E-state index in [2.05, 4.69) is 4.90 Å². The summed E-state index contributed by atoms with van der Waals surface area (Å²) >= 11 is 0. The molecule has 2 saturated heterocycles. The van der Waals surface area contributed by atoms with Crippen LogP contribution in [0.2, 0.25) is 0 Å². The number of ether oxygens (including phenoxy) is 1. The van der Waals surface area contributed by atoms with E-state index >= 15 is 0 Å². The minimum absolute atomic E-state index is 0.00731. The highest BCUT2D eigenvalue weighted by molar-refractivity contribution is 5.73. The first-order valence-electron chi connectivity index (χ1n) is 5.31. The van der Waals surface area contributed by atoms with Crippen LogP contribution in [0.1, 0.15) is 19.8 Å². The van der Waals surface area contributed by atoms with Gasteiger partial charge in [0.15, 0.2) is 0 Å². The van der Waals surface area contributed by atoms with Gasteiger partial charge in [0.2, 0.25) is 0 Å². The third-order valence-corrected chi connectivity index (χ3v) is 3.21. The van der Waals surface area contributed by atoms with Gasteiger partial charge in [0.25, 0.3) is 0 Å².